The highest BCUT2D eigenvalue weighted by atomic mass is 32.1. The van der Waals surface area contributed by atoms with Crippen LogP contribution in [0.4, 0.5) is 10.1 Å². The normalized spacial score (nSPS) is 16.2. The SMILES string of the molecule is Cc1ccccc1NC(=S)N1CCn2cccc2C1c1ccc(F)cc1. The van der Waals surface area contributed by atoms with E-state index in [9.17, 15) is 4.39 Å². The molecular weight excluding hydrogens is 345 g/mol. The molecule has 2 aromatic carbocycles. The molecule has 1 unspecified atom stereocenters. The zero-order valence-electron chi connectivity index (χ0n) is 14.5. The molecule has 1 atom stereocenters. The third-order valence-corrected chi connectivity index (χ3v) is 5.21. The number of nitrogens with one attached hydrogen (secondary N) is 1. The molecule has 132 valence electrons. The van der Waals surface area contributed by atoms with Crippen molar-refractivity contribution in [2.75, 3.05) is 11.9 Å². The quantitative estimate of drug-likeness (QED) is 0.663. The van der Waals surface area contributed by atoms with Gasteiger partial charge in [0.15, 0.2) is 5.11 Å². The summed E-state index contributed by atoms with van der Waals surface area (Å²) in [4.78, 5) is 2.18. The first-order valence-electron chi connectivity index (χ1n) is 8.67. The number of rotatable bonds is 2. The zero-order valence-corrected chi connectivity index (χ0v) is 15.3. The molecule has 26 heavy (non-hydrogen) atoms. The molecular formula is C21H20FN3S. The van der Waals surface area contributed by atoms with Crippen LogP contribution in [0.15, 0.2) is 66.9 Å². The molecule has 1 aromatic heterocycles. The lowest BCUT2D eigenvalue weighted by Gasteiger charge is -2.39. The fourth-order valence-electron chi connectivity index (χ4n) is 3.50. The smallest absolute Gasteiger partial charge is 0.174 e. The second-order valence-corrected chi connectivity index (χ2v) is 6.91. The number of aryl methyl sites for hydroxylation is 1. The molecule has 0 bridgehead atoms. The number of fused-ring (bicyclic) bond motifs is 1. The van der Waals surface area contributed by atoms with Gasteiger partial charge >= 0.3 is 0 Å². The molecule has 0 amide bonds. The van der Waals surface area contributed by atoms with Crippen LogP contribution in [0.25, 0.3) is 0 Å². The van der Waals surface area contributed by atoms with Crippen molar-refractivity contribution in [2.45, 2.75) is 19.5 Å². The number of nitrogens with zero attached hydrogens (tertiary/aromatic N) is 2. The van der Waals surface area contributed by atoms with Crippen LogP contribution in [0.1, 0.15) is 22.9 Å². The monoisotopic (exact) mass is 365 g/mol. The summed E-state index contributed by atoms with van der Waals surface area (Å²) in [6.45, 7) is 3.72. The second kappa shape index (κ2) is 6.92. The zero-order chi connectivity index (χ0) is 18.1. The molecule has 4 rings (SSSR count). The predicted molar refractivity (Wildman–Crippen MR) is 107 cm³/mol. The van der Waals surface area contributed by atoms with Crippen LogP contribution in [-0.4, -0.2) is 21.1 Å². The van der Waals surface area contributed by atoms with Gasteiger partial charge in [-0.3, -0.25) is 0 Å². The number of benzene rings is 2. The summed E-state index contributed by atoms with van der Waals surface area (Å²) in [6.07, 6.45) is 2.08. The molecule has 1 N–H and O–H groups in total. The molecule has 1 aliphatic heterocycles. The van der Waals surface area contributed by atoms with Gasteiger partial charge in [0.05, 0.1) is 6.04 Å². The molecule has 5 heteroatoms. The number of aromatic nitrogens is 1. The van der Waals surface area contributed by atoms with E-state index in [0.717, 1.165) is 35.6 Å². The highest BCUT2D eigenvalue weighted by Crippen LogP contribution is 2.33. The Hall–Kier alpha value is -2.66. The van der Waals surface area contributed by atoms with E-state index in [2.05, 4.69) is 40.0 Å². The van der Waals surface area contributed by atoms with Crippen LogP contribution < -0.4 is 5.32 Å². The number of thiocarbonyl (C=S) groups is 1. The van der Waals surface area contributed by atoms with Gasteiger partial charge in [0.1, 0.15) is 5.82 Å². The van der Waals surface area contributed by atoms with Gasteiger partial charge < -0.3 is 14.8 Å². The average Bonchev–Trinajstić information content (AvgIpc) is 3.12. The van der Waals surface area contributed by atoms with Crippen molar-refractivity contribution in [3.05, 3.63) is 89.5 Å². The Labute approximate surface area is 158 Å². The van der Waals surface area contributed by atoms with Gasteiger partial charge in [-0.1, -0.05) is 30.3 Å². The minimum absolute atomic E-state index is 0.0385. The minimum atomic E-state index is -0.230. The molecule has 0 aliphatic carbocycles. The Bertz CT molecular complexity index is 932. The summed E-state index contributed by atoms with van der Waals surface area (Å²) in [5.41, 5.74) is 4.35. The fraction of sp³-hybridized carbons (Fsp3) is 0.190. The van der Waals surface area contributed by atoms with Crippen LogP contribution in [0.2, 0.25) is 0 Å². The average molecular weight is 365 g/mol. The maximum Gasteiger partial charge on any atom is 0.174 e. The van der Waals surface area contributed by atoms with E-state index in [-0.39, 0.29) is 11.9 Å². The molecule has 1 aliphatic rings. The summed E-state index contributed by atoms with van der Waals surface area (Å²) < 4.78 is 15.7. The van der Waals surface area contributed by atoms with Gasteiger partial charge in [-0.25, -0.2) is 4.39 Å². The number of halogens is 1. The van der Waals surface area contributed by atoms with Crippen molar-refractivity contribution in [1.29, 1.82) is 0 Å². The van der Waals surface area contributed by atoms with E-state index in [0.29, 0.717) is 5.11 Å². The molecule has 2 heterocycles. The second-order valence-electron chi connectivity index (χ2n) is 6.52. The number of para-hydroxylation sites is 1. The number of anilines is 1. The summed E-state index contributed by atoms with van der Waals surface area (Å²) in [7, 11) is 0. The van der Waals surface area contributed by atoms with Crippen molar-refractivity contribution in [3.8, 4) is 0 Å². The van der Waals surface area contributed by atoms with Gasteiger partial charge in [0, 0.05) is 30.7 Å². The van der Waals surface area contributed by atoms with Crippen molar-refractivity contribution in [2.24, 2.45) is 0 Å². The van der Waals surface area contributed by atoms with Crippen LogP contribution >= 0.6 is 12.2 Å². The van der Waals surface area contributed by atoms with E-state index in [4.69, 9.17) is 12.2 Å². The fourth-order valence-corrected chi connectivity index (χ4v) is 3.80. The Morgan fingerprint density at radius 2 is 1.81 bits per heavy atom. The van der Waals surface area contributed by atoms with Crippen LogP contribution in [0.5, 0.6) is 0 Å². The minimum Gasteiger partial charge on any atom is -0.348 e. The Balaban J connectivity index is 1.68. The first kappa shape index (κ1) is 16.8. The van der Waals surface area contributed by atoms with E-state index in [1.807, 2.05) is 36.4 Å². The van der Waals surface area contributed by atoms with Crippen molar-refractivity contribution in [3.63, 3.8) is 0 Å². The summed E-state index contributed by atoms with van der Waals surface area (Å²) in [5, 5.41) is 4.07. The molecule has 0 radical (unpaired) electrons. The summed E-state index contributed by atoms with van der Waals surface area (Å²) in [5.74, 6) is -0.230. The number of hydrogen-bond acceptors (Lipinski definition) is 1. The van der Waals surface area contributed by atoms with Crippen LogP contribution in [-0.2, 0) is 6.54 Å². The Morgan fingerprint density at radius 3 is 2.58 bits per heavy atom. The Morgan fingerprint density at radius 1 is 1.04 bits per heavy atom. The van der Waals surface area contributed by atoms with Gasteiger partial charge in [-0.15, -0.1) is 0 Å². The third-order valence-electron chi connectivity index (χ3n) is 4.87. The lowest BCUT2D eigenvalue weighted by atomic mass is 10.0. The predicted octanol–water partition coefficient (Wildman–Crippen LogP) is 4.74. The van der Waals surface area contributed by atoms with Gasteiger partial charge in [0.25, 0.3) is 0 Å². The first-order chi connectivity index (χ1) is 12.6. The number of hydrogen-bond donors (Lipinski definition) is 1. The lowest BCUT2D eigenvalue weighted by Crippen LogP contribution is -2.44. The molecule has 0 saturated heterocycles. The molecule has 3 aromatic rings. The first-order valence-corrected chi connectivity index (χ1v) is 9.08. The van der Waals surface area contributed by atoms with E-state index >= 15 is 0 Å². The van der Waals surface area contributed by atoms with E-state index in [1.165, 1.54) is 12.1 Å². The maximum atomic E-state index is 13.4. The van der Waals surface area contributed by atoms with Crippen LogP contribution in [0, 0.1) is 12.7 Å². The Kier molecular flexibility index (Phi) is 4.47. The third kappa shape index (κ3) is 3.10. The highest BCUT2D eigenvalue weighted by Gasteiger charge is 2.30. The molecule has 3 nitrogen and oxygen atoms in total. The summed E-state index contributed by atoms with van der Waals surface area (Å²) >= 11 is 5.75. The van der Waals surface area contributed by atoms with E-state index in [1.54, 1.807) is 0 Å². The van der Waals surface area contributed by atoms with Gasteiger partial charge in [0.2, 0.25) is 0 Å². The van der Waals surface area contributed by atoms with Crippen molar-refractivity contribution in [1.82, 2.24) is 9.47 Å². The standard InChI is InChI=1S/C21H20FN3S/c1-15-5-2-3-6-18(15)23-21(26)25-14-13-24-12-4-7-19(24)20(25)16-8-10-17(22)11-9-16/h2-12,20H,13-14H2,1H3,(H,23,26). The van der Waals surface area contributed by atoms with Crippen LogP contribution in [0.3, 0.4) is 0 Å². The maximum absolute atomic E-state index is 13.4. The lowest BCUT2D eigenvalue weighted by molar-refractivity contribution is 0.293. The van der Waals surface area contributed by atoms with Gasteiger partial charge in [-0.2, -0.15) is 0 Å². The van der Waals surface area contributed by atoms with Gasteiger partial charge in [-0.05, 0) is 60.6 Å². The topological polar surface area (TPSA) is 20.2 Å². The van der Waals surface area contributed by atoms with E-state index < -0.39 is 0 Å². The molecule has 0 spiro atoms. The van der Waals surface area contributed by atoms with Crippen molar-refractivity contribution >= 4 is 23.0 Å². The van der Waals surface area contributed by atoms with Crippen molar-refractivity contribution < 1.29 is 4.39 Å². The molecule has 0 fully saturated rings. The highest BCUT2D eigenvalue weighted by molar-refractivity contribution is 7.80. The summed E-state index contributed by atoms with van der Waals surface area (Å²) in [6, 6.07) is 18.9. The largest absolute Gasteiger partial charge is 0.348 e. The molecule has 0 saturated carbocycles.